The zero-order valence-electron chi connectivity index (χ0n) is 10.5. The SMILES string of the molecule is COC(=O)C(O)(c1cc(C)c(O)cc1C)C(F)(F)F. The molecule has 0 amide bonds. The molecule has 2 N–H and O–H groups in total. The van der Waals surface area contributed by atoms with Crippen LogP contribution in [0.15, 0.2) is 12.1 Å². The normalized spacial score (nSPS) is 14.9. The third-order valence-corrected chi connectivity index (χ3v) is 2.82. The zero-order chi connectivity index (χ0) is 15.0. The van der Waals surface area contributed by atoms with Crippen LogP contribution in [0.3, 0.4) is 0 Å². The predicted octanol–water partition coefficient (Wildman–Crippen LogP) is 1.93. The first-order chi connectivity index (χ1) is 8.55. The molecular formula is C12H13F3O4. The Morgan fingerprint density at radius 1 is 1.21 bits per heavy atom. The van der Waals surface area contributed by atoms with E-state index in [0.717, 1.165) is 19.2 Å². The second-order valence-corrected chi connectivity index (χ2v) is 4.15. The number of hydrogen-bond acceptors (Lipinski definition) is 4. The van der Waals surface area contributed by atoms with Crippen molar-refractivity contribution in [2.45, 2.75) is 25.6 Å². The van der Waals surface area contributed by atoms with Gasteiger partial charge in [0.25, 0.3) is 5.60 Å². The third-order valence-electron chi connectivity index (χ3n) is 2.82. The molecule has 106 valence electrons. The molecule has 0 saturated heterocycles. The Morgan fingerprint density at radius 3 is 2.16 bits per heavy atom. The molecule has 1 rings (SSSR count). The topological polar surface area (TPSA) is 66.8 Å². The summed E-state index contributed by atoms with van der Waals surface area (Å²) in [6, 6.07) is 1.96. The lowest BCUT2D eigenvalue weighted by Gasteiger charge is -2.29. The molecule has 0 radical (unpaired) electrons. The van der Waals surface area contributed by atoms with Gasteiger partial charge in [-0.15, -0.1) is 0 Å². The van der Waals surface area contributed by atoms with Gasteiger partial charge in [-0.05, 0) is 37.1 Å². The van der Waals surface area contributed by atoms with Crippen molar-refractivity contribution in [3.63, 3.8) is 0 Å². The first-order valence-corrected chi connectivity index (χ1v) is 5.24. The minimum absolute atomic E-state index is 0.0756. The van der Waals surface area contributed by atoms with Crippen LogP contribution in [0, 0.1) is 13.8 Å². The van der Waals surface area contributed by atoms with Gasteiger partial charge in [-0.1, -0.05) is 0 Å². The number of aliphatic hydroxyl groups is 1. The summed E-state index contributed by atoms with van der Waals surface area (Å²) in [5, 5.41) is 19.2. The lowest BCUT2D eigenvalue weighted by molar-refractivity contribution is -0.267. The van der Waals surface area contributed by atoms with E-state index >= 15 is 0 Å². The maximum atomic E-state index is 13.0. The van der Waals surface area contributed by atoms with Crippen LogP contribution in [0.1, 0.15) is 16.7 Å². The van der Waals surface area contributed by atoms with E-state index in [4.69, 9.17) is 0 Å². The van der Waals surface area contributed by atoms with Gasteiger partial charge >= 0.3 is 12.1 Å². The number of hydrogen-bond donors (Lipinski definition) is 2. The van der Waals surface area contributed by atoms with Crippen LogP contribution in [0.2, 0.25) is 0 Å². The van der Waals surface area contributed by atoms with Crippen molar-refractivity contribution < 1.29 is 32.9 Å². The summed E-state index contributed by atoms with van der Waals surface area (Å²) in [4.78, 5) is 11.4. The summed E-state index contributed by atoms with van der Waals surface area (Å²) >= 11 is 0. The van der Waals surface area contributed by atoms with E-state index in [0.29, 0.717) is 0 Å². The number of halogens is 3. The summed E-state index contributed by atoms with van der Waals surface area (Å²) in [6.45, 7) is 2.60. The molecule has 0 aliphatic heterocycles. The van der Waals surface area contributed by atoms with Crippen LogP contribution in [0.5, 0.6) is 5.75 Å². The third kappa shape index (κ3) is 2.37. The quantitative estimate of drug-likeness (QED) is 0.811. The highest BCUT2D eigenvalue weighted by Crippen LogP contribution is 2.42. The van der Waals surface area contributed by atoms with Gasteiger partial charge in [0.05, 0.1) is 7.11 Å². The molecule has 0 aliphatic carbocycles. The molecule has 0 bridgehead atoms. The predicted molar refractivity (Wildman–Crippen MR) is 59.5 cm³/mol. The smallest absolute Gasteiger partial charge is 0.432 e. The molecule has 0 saturated carbocycles. The lowest BCUT2D eigenvalue weighted by atomic mass is 9.88. The van der Waals surface area contributed by atoms with Crippen molar-refractivity contribution in [2.75, 3.05) is 7.11 Å². The number of phenols is 1. The first-order valence-electron chi connectivity index (χ1n) is 5.24. The van der Waals surface area contributed by atoms with Crippen LogP contribution in [-0.2, 0) is 15.1 Å². The molecule has 19 heavy (non-hydrogen) atoms. The minimum atomic E-state index is -5.24. The zero-order valence-corrected chi connectivity index (χ0v) is 10.5. The number of benzene rings is 1. The number of phenolic OH excluding ortho intramolecular Hbond substituents is 1. The molecule has 0 spiro atoms. The molecule has 0 fully saturated rings. The number of methoxy groups -OCH3 is 1. The summed E-state index contributed by atoms with van der Waals surface area (Å²) in [5.41, 5.74) is -4.40. The Balaban J connectivity index is 3.60. The largest absolute Gasteiger partial charge is 0.508 e. The Labute approximate surface area is 107 Å². The van der Waals surface area contributed by atoms with E-state index in [-0.39, 0.29) is 16.9 Å². The number of carbonyl (C=O) groups is 1. The van der Waals surface area contributed by atoms with Crippen LogP contribution in [0.4, 0.5) is 13.2 Å². The van der Waals surface area contributed by atoms with Crippen molar-refractivity contribution in [3.05, 3.63) is 28.8 Å². The van der Waals surface area contributed by atoms with E-state index in [1.807, 2.05) is 0 Å². The van der Waals surface area contributed by atoms with Gasteiger partial charge in [-0.2, -0.15) is 13.2 Å². The van der Waals surface area contributed by atoms with Crippen molar-refractivity contribution in [1.82, 2.24) is 0 Å². The molecular weight excluding hydrogens is 265 g/mol. The van der Waals surface area contributed by atoms with Gasteiger partial charge in [0.15, 0.2) is 0 Å². The summed E-state index contributed by atoms with van der Waals surface area (Å²) < 4.78 is 43.1. The first kappa shape index (κ1) is 15.3. The fraction of sp³-hybridized carbons (Fsp3) is 0.417. The van der Waals surface area contributed by atoms with Gasteiger partial charge in [-0.3, -0.25) is 0 Å². The molecule has 4 nitrogen and oxygen atoms in total. The van der Waals surface area contributed by atoms with E-state index < -0.39 is 23.3 Å². The maximum Gasteiger partial charge on any atom is 0.432 e. The standard InChI is InChI=1S/C12H13F3O4/c1-6-5-9(16)7(2)4-8(6)11(18,10(17)19-3)12(13,14)15/h4-5,16,18H,1-3H3. The highest BCUT2D eigenvalue weighted by molar-refractivity contribution is 5.83. The molecule has 0 heterocycles. The van der Waals surface area contributed by atoms with Gasteiger partial charge in [0, 0.05) is 5.56 Å². The number of aryl methyl sites for hydroxylation is 2. The minimum Gasteiger partial charge on any atom is -0.508 e. The Morgan fingerprint density at radius 2 is 1.74 bits per heavy atom. The van der Waals surface area contributed by atoms with E-state index in [9.17, 15) is 28.2 Å². The number of alkyl halides is 3. The van der Waals surface area contributed by atoms with Crippen molar-refractivity contribution >= 4 is 5.97 Å². The molecule has 1 aromatic carbocycles. The van der Waals surface area contributed by atoms with E-state index in [2.05, 4.69) is 4.74 Å². The molecule has 1 aromatic rings. The number of ether oxygens (including phenoxy) is 1. The molecule has 1 unspecified atom stereocenters. The number of carbonyl (C=O) groups excluding carboxylic acids is 1. The maximum absolute atomic E-state index is 13.0. The molecule has 7 heteroatoms. The average molecular weight is 278 g/mol. The second kappa shape index (κ2) is 4.73. The van der Waals surface area contributed by atoms with Crippen LogP contribution in [-0.4, -0.2) is 29.5 Å². The summed E-state index contributed by atoms with van der Waals surface area (Å²) in [6.07, 6.45) is -5.24. The van der Waals surface area contributed by atoms with Crippen molar-refractivity contribution in [2.24, 2.45) is 0 Å². The lowest BCUT2D eigenvalue weighted by Crippen LogP contribution is -2.50. The monoisotopic (exact) mass is 278 g/mol. The van der Waals surface area contributed by atoms with Gasteiger partial charge < -0.3 is 14.9 Å². The van der Waals surface area contributed by atoms with Crippen molar-refractivity contribution in [3.8, 4) is 5.75 Å². The molecule has 1 atom stereocenters. The average Bonchev–Trinajstić information content (AvgIpc) is 2.30. The Bertz CT molecular complexity index is 510. The fourth-order valence-corrected chi connectivity index (χ4v) is 1.72. The number of esters is 1. The Hall–Kier alpha value is -1.76. The summed E-state index contributed by atoms with van der Waals surface area (Å²) in [7, 11) is 0.752. The Kier molecular flexibility index (Phi) is 3.81. The van der Waals surface area contributed by atoms with E-state index in [1.165, 1.54) is 13.8 Å². The van der Waals surface area contributed by atoms with Gasteiger partial charge in [0.2, 0.25) is 0 Å². The van der Waals surface area contributed by atoms with Gasteiger partial charge in [0.1, 0.15) is 5.75 Å². The highest BCUT2D eigenvalue weighted by atomic mass is 19.4. The van der Waals surface area contributed by atoms with Crippen molar-refractivity contribution in [1.29, 1.82) is 0 Å². The van der Waals surface area contributed by atoms with Crippen LogP contribution >= 0.6 is 0 Å². The summed E-state index contributed by atoms with van der Waals surface area (Å²) in [5.74, 6) is -2.05. The number of rotatable bonds is 2. The second-order valence-electron chi connectivity index (χ2n) is 4.15. The highest BCUT2D eigenvalue weighted by Gasteiger charge is 2.62. The molecule has 0 aromatic heterocycles. The van der Waals surface area contributed by atoms with Gasteiger partial charge in [-0.25, -0.2) is 4.79 Å². The van der Waals surface area contributed by atoms with Crippen LogP contribution < -0.4 is 0 Å². The molecule has 0 aliphatic rings. The number of aromatic hydroxyl groups is 1. The van der Waals surface area contributed by atoms with Crippen LogP contribution in [0.25, 0.3) is 0 Å². The van der Waals surface area contributed by atoms with E-state index in [1.54, 1.807) is 0 Å². The fourth-order valence-electron chi connectivity index (χ4n) is 1.72.